The van der Waals surface area contributed by atoms with E-state index in [4.69, 9.17) is 0 Å². The van der Waals surface area contributed by atoms with Crippen molar-refractivity contribution in [1.82, 2.24) is 4.31 Å². The molecule has 0 N–H and O–H groups in total. The van der Waals surface area contributed by atoms with Crippen LogP contribution in [0.2, 0.25) is 0 Å². The predicted molar refractivity (Wildman–Crippen MR) is 123 cm³/mol. The molecule has 0 saturated carbocycles. The Morgan fingerprint density at radius 2 is 1.63 bits per heavy atom. The Hall–Kier alpha value is -2.69. The fourth-order valence-corrected chi connectivity index (χ4v) is 6.36. The van der Waals surface area contributed by atoms with Gasteiger partial charge in [0, 0.05) is 18.5 Å². The maximum absolute atomic E-state index is 13.5. The van der Waals surface area contributed by atoms with Gasteiger partial charge in [-0.2, -0.15) is 4.31 Å². The minimum atomic E-state index is -3.57. The van der Waals surface area contributed by atoms with Gasteiger partial charge in [0.25, 0.3) is 0 Å². The standard InChI is InChI=1S/C26H25NO2S/c1-18-10-14-22(15-11-18)30(28,29)27-17-21-13-12-19(2)26(27)16-25(21)24-9-5-7-20-6-3-4-8-23(20)24/h3-16,19,21,26H,17H2,1-2H3. The van der Waals surface area contributed by atoms with Gasteiger partial charge in [-0.1, -0.05) is 85.3 Å². The molecule has 3 unspecified atom stereocenters. The smallest absolute Gasteiger partial charge is 0.207 e. The summed E-state index contributed by atoms with van der Waals surface area (Å²) in [5.41, 5.74) is 3.49. The molecule has 3 aromatic carbocycles. The average molecular weight is 416 g/mol. The van der Waals surface area contributed by atoms with Crippen molar-refractivity contribution in [2.24, 2.45) is 11.8 Å². The molecule has 3 nitrogen and oxygen atoms in total. The van der Waals surface area contributed by atoms with Gasteiger partial charge in [0.2, 0.25) is 10.0 Å². The lowest BCUT2D eigenvalue weighted by molar-refractivity contribution is 0.308. The number of nitrogens with zero attached hydrogens (tertiary/aromatic N) is 1. The molecular weight excluding hydrogens is 390 g/mol. The van der Waals surface area contributed by atoms with Crippen LogP contribution in [0.5, 0.6) is 0 Å². The van der Waals surface area contributed by atoms with Crippen LogP contribution in [0.4, 0.5) is 0 Å². The molecule has 0 fully saturated rings. The summed E-state index contributed by atoms with van der Waals surface area (Å²) in [5.74, 6) is 0.153. The number of hydrogen-bond donors (Lipinski definition) is 0. The SMILES string of the molecule is Cc1ccc(S(=O)(=O)N2CC3C=CC(C)C2C=C3c2cccc3ccccc23)cc1. The van der Waals surface area contributed by atoms with Crippen molar-refractivity contribution in [2.75, 3.05) is 6.54 Å². The van der Waals surface area contributed by atoms with Gasteiger partial charge in [-0.05, 0) is 46.9 Å². The minimum Gasteiger partial charge on any atom is -0.207 e. The zero-order valence-corrected chi connectivity index (χ0v) is 18.0. The van der Waals surface area contributed by atoms with E-state index in [0.29, 0.717) is 11.4 Å². The molecule has 2 bridgehead atoms. The van der Waals surface area contributed by atoms with Crippen LogP contribution in [0, 0.1) is 18.8 Å². The summed E-state index contributed by atoms with van der Waals surface area (Å²) in [7, 11) is -3.57. The van der Waals surface area contributed by atoms with Crippen molar-refractivity contribution in [3.63, 3.8) is 0 Å². The van der Waals surface area contributed by atoms with Crippen LogP contribution in [-0.4, -0.2) is 25.3 Å². The summed E-state index contributed by atoms with van der Waals surface area (Å²) >= 11 is 0. The number of rotatable bonds is 3. The molecule has 4 heteroatoms. The molecule has 1 aliphatic carbocycles. The summed E-state index contributed by atoms with van der Waals surface area (Å²) < 4.78 is 28.7. The fourth-order valence-electron chi connectivity index (χ4n) is 4.68. The van der Waals surface area contributed by atoms with Gasteiger partial charge < -0.3 is 0 Å². The van der Waals surface area contributed by atoms with Gasteiger partial charge in [0.05, 0.1) is 4.90 Å². The third-order valence-corrected chi connectivity index (χ3v) is 8.25. The van der Waals surface area contributed by atoms with Crippen molar-refractivity contribution >= 4 is 26.4 Å². The first kappa shape index (κ1) is 19.3. The minimum absolute atomic E-state index is 0.0391. The van der Waals surface area contributed by atoms with Crippen LogP contribution in [0.25, 0.3) is 16.3 Å². The Labute approximate surface area is 178 Å². The van der Waals surface area contributed by atoms with E-state index >= 15 is 0 Å². The van der Waals surface area contributed by atoms with Crippen LogP contribution < -0.4 is 0 Å². The molecule has 0 spiro atoms. The summed E-state index contributed by atoms with van der Waals surface area (Å²) in [5, 5.41) is 2.42. The lowest BCUT2D eigenvalue weighted by atomic mass is 9.86. The molecule has 0 amide bonds. The van der Waals surface area contributed by atoms with Crippen molar-refractivity contribution < 1.29 is 8.42 Å². The number of hydrogen-bond acceptors (Lipinski definition) is 2. The Balaban J connectivity index is 1.62. The second kappa shape index (κ2) is 7.22. The number of benzene rings is 3. The maximum atomic E-state index is 13.5. The van der Waals surface area contributed by atoms with E-state index in [1.807, 2.05) is 19.1 Å². The summed E-state index contributed by atoms with van der Waals surface area (Å²) in [6.07, 6.45) is 6.56. The summed E-state index contributed by atoms with van der Waals surface area (Å²) in [6.45, 7) is 4.54. The highest BCUT2D eigenvalue weighted by molar-refractivity contribution is 7.89. The lowest BCUT2D eigenvalue weighted by Gasteiger charge is -2.37. The van der Waals surface area contributed by atoms with Crippen LogP contribution >= 0.6 is 0 Å². The molecule has 3 aromatic rings. The molecule has 0 saturated heterocycles. The van der Waals surface area contributed by atoms with Crippen LogP contribution in [0.1, 0.15) is 18.1 Å². The first-order valence-electron chi connectivity index (χ1n) is 10.4. The third-order valence-electron chi connectivity index (χ3n) is 6.37. The zero-order valence-electron chi connectivity index (χ0n) is 17.2. The topological polar surface area (TPSA) is 37.4 Å². The van der Waals surface area contributed by atoms with Gasteiger partial charge in [-0.3, -0.25) is 0 Å². The Morgan fingerprint density at radius 3 is 2.43 bits per heavy atom. The molecule has 30 heavy (non-hydrogen) atoms. The highest BCUT2D eigenvalue weighted by Gasteiger charge is 2.40. The molecule has 3 aliphatic rings. The van der Waals surface area contributed by atoms with Gasteiger partial charge in [0.15, 0.2) is 0 Å². The number of aryl methyl sites for hydroxylation is 1. The molecule has 2 aliphatic heterocycles. The van der Waals surface area contributed by atoms with Gasteiger partial charge in [-0.15, -0.1) is 0 Å². The second-order valence-corrected chi connectivity index (χ2v) is 10.3. The molecule has 152 valence electrons. The quantitative estimate of drug-likeness (QED) is 0.535. The average Bonchev–Trinajstić information content (AvgIpc) is 3.02. The second-order valence-electron chi connectivity index (χ2n) is 8.38. The van der Waals surface area contributed by atoms with Crippen LogP contribution in [0.3, 0.4) is 0 Å². The first-order valence-corrected chi connectivity index (χ1v) is 11.9. The Morgan fingerprint density at radius 1 is 0.900 bits per heavy atom. The highest BCUT2D eigenvalue weighted by atomic mass is 32.2. The maximum Gasteiger partial charge on any atom is 0.243 e. The van der Waals surface area contributed by atoms with E-state index < -0.39 is 10.0 Å². The van der Waals surface area contributed by atoms with Crippen molar-refractivity contribution in [1.29, 1.82) is 0 Å². The Bertz CT molecular complexity index is 1270. The van der Waals surface area contributed by atoms with E-state index in [1.165, 1.54) is 21.9 Å². The lowest BCUT2D eigenvalue weighted by Crippen LogP contribution is -2.46. The summed E-state index contributed by atoms with van der Waals surface area (Å²) in [6, 6.07) is 21.7. The molecule has 0 radical (unpaired) electrons. The van der Waals surface area contributed by atoms with Crippen LogP contribution in [-0.2, 0) is 10.0 Å². The zero-order chi connectivity index (χ0) is 20.9. The van der Waals surface area contributed by atoms with E-state index in [2.05, 4.69) is 67.6 Å². The monoisotopic (exact) mass is 415 g/mol. The van der Waals surface area contributed by atoms with E-state index in [9.17, 15) is 8.42 Å². The molecule has 2 heterocycles. The normalized spacial score (nSPS) is 24.1. The largest absolute Gasteiger partial charge is 0.243 e. The molecule has 0 aromatic heterocycles. The number of fused-ring (bicyclic) bond motifs is 3. The van der Waals surface area contributed by atoms with Gasteiger partial charge >= 0.3 is 0 Å². The fraction of sp³-hybridized carbons (Fsp3) is 0.231. The molecule has 3 atom stereocenters. The number of sulfonamides is 1. The third kappa shape index (κ3) is 3.11. The van der Waals surface area contributed by atoms with Gasteiger partial charge in [0.1, 0.15) is 0 Å². The molecular formula is C26H25NO2S. The van der Waals surface area contributed by atoms with E-state index in [0.717, 1.165) is 5.56 Å². The Kier molecular flexibility index (Phi) is 4.64. The van der Waals surface area contributed by atoms with Crippen LogP contribution in [0.15, 0.2) is 89.9 Å². The van der Waals surface area contributed by atoms with Crippen molar-refractivity contribution in [2.45, 2.75) is 24.8 Å². The van der Waals surface area contributed by atoms with Gasteiger partial charge in [-0.25, -0.2) is 8.42 Å². The van der Waals surface area contributed by atoms with E-state index in [1.54, 1.807) is 16.4 Å². The highest BCUT2D eigenvalue weighted by Crippen LogP contribution is 2.41. The molecule has 6 rings (SSSR count). The first-order chi connectivity index (χ1) is 14.4. The van der Waals surface area contributed by atoms with Crippen molar-refractivity contribution in [3.05, 3.63) is 96.1 Å². The van der Waals surface area contributed by atoms with E-state index in [-0.39, 0.29) is 17.9 Å². The summed E-state index contributed by atoms with van der Waals surface area (Å²) in [4.78, 5) is 0.368. The predicted octanol–water partition coefficient (Wildman–Crippen LogP) is 5.43. The van der Waals surface area contributed by atoms with Crippen molar-refractivity contribution in [3.8, 4) is 0 Å².